The van der Waals surface area contributed by atoms with Crippen LogP contribution in [0.25, 0.3) is 0 Å². The largest absolute Gasteiger partial charge is 0.431 e. The normalized spacial score (nSPS) is 30.8. The smallest absolute Gasteiger partial charge is 0.191 e. The van der Waals surface area contributed by atoms with Gasteiger partial charge in [-0.3, -0.25) is 0 Å². The summed E-state index contributed by atoms with van der Waals surface area (Å²) >= 11 is 0. The van der Waals surface area contributed by atoms with Crippen molar-refractivity contribution >= 4 is 8.32 Å². The molecule has 3 rings (SSSR count). The second-order valence-electron chi connectivity index (χ2n) is 10.4. The van der Waals surface area contributed by atoms with E-state index in [0.29, 0.717) is 23.9 Å². The molecule has 158 valence electrons. The first-order valence-corrected chi connectivity index (χ1v) is 13.9. The van der Waals surface area contributed by atoms with Gasteiger partial charge in [-0.15, -0.1) is 0 Å². The zero-order valence-corrected chi connectivity index (χ0v) is 19.2. The van der Waals surface area contributed by atoms with Crippen molar-refractivity contribution < 1.29 is 14.6 Å². The van der Waals surface area contributed by atoms with Gasteiger partial charge in [0.1, 0.15) is 0 Å². The van der Waals surface area contributed by atoms with Gasteiger partial charge in [0.2, 0.25) is 0 Å². The lowest BCUT2D eigenvalue weighted by Gasteiger charge is -2.37. The van der Waals surface area contributed by atoms with E-state index in [1.807, 2.05) is 0 Å². The second kappa shape index (κ2) is 8.99. The molecule has 0 radical (unpaired) electrons. The van der Waals surface area contributed by atoms with Gasteiger partial charge in [-0.2, -0.15) is 0 Å². The van der Waals surface area contributed by atoms with Crippen LogP contribution in [0.5, 0.6) is 0 Å². The zero-order valence-electron chi connectivity index (χ0n) is 18.2. The van der Waals surface area contributed by atoms with Crippen LogP contribution in [0.4, 0.5) is 0 Å². The van der Waals surface area contributed by atoms with Gasteiger partial charge in [0.15, 0.2) is 8.32 Å². The molecule has 2 fully saturated rings. The SMILES string of the molecule is CC(C)(C)[Si](C)(O)CC(CCCCC1C(O)CC2OCCC21)c1ccccc1. The van der Waals surface area contributed by atoms with Crippen molar-refractivity contribution in [2.45, 2.75) is 95.1 Å². The molecule has 1 aliphatic heterocycles. The Morgan fingerprint density at radius 2 is 1.89 bits per heavy atom. The van der Waals surface area contributed by atoms with Crippen LogP contribution in [-0.4, -0.2) is 37.0 Å². The highest BCUT2D eigenvalue weighted by molar-refractivity contribution is 6.74. The maximum atomic E-state index is 11.2. The number of unbranched alkanes of at least 4 members (excludes halogenated alkanes) is 1. The highest BCUT2D eigenvalue weighted by Gasteiger charge is 2.45. The number of ether oxygens (including phenoxy) is 1. The molecule has 2 N–H and O–H groups in total. The Morgan fingerprint density at radius 1 is 1.18 bits per heavy atom. The van der Waals surface area contributed by atoms with E-state index in [1.165, 1.54) is 5.56 Å². The third-order valence-corrected chi connectivity index (χ3v) is 12.2. The molecular weight excluding hydrogens is 364 g/mol. The average Bonchev–Trinajstić information content (AvgIpc) is 3.18. The predicted octanol–water partition coefficient (Wildman–Crippen LogP) is 5.48. The molecule has 1 aromatic rings. The van der Waals surface area contributed by atoms with Gasteiger partial charge in [-0.05, 0) is 60.2 Å². The lowest BCUT2D eigenvalue weighted by atomic mass is 9.86. The molecule has 0 aromatic heterocycles. The molecule has 0 amide bonds. The summed E-state index contributed by atoms with van der Waals surface area (Å²) in [6, 6.07) is 11.7. The fraction of sp³-hybridized carbons (Fsp3) is 0.750. The highest BCUT2D eigenvalue weighted by Crippen LogP contribution is 2.44. The molecule has 1 saturated carbocycles. The molecule has 2 aliphatic rings. The Kier molecular flexibility index (Phi) is 7.07. The van der Waals surface area contributed by atoms with Gasteiger partial charge in [-0.25, -0.2) is 0 Å². The van der Waals surface area contributed by atoms with Gasteiger partial charge >= 0.3 is 0 Å². The monoisotopic (exact) mass is 404 g/mol. The Balaban J connectivity index is 1.56. The van der Waals surface area contributed by atoms with Gasteiger partial charge in [0, 0.05) is 13.0 Å². The summed E-state index contributed by atoms with van der Waals surface area (Å²) in [5.41, 5.74) is 1.37. The van der Waals surface area contributed by atoms with E-state index >= 15 is 0 Å². The third-order valence-electron chi connectivity index (χ3n) is 7.65. The molecule has 28 heavy (non-hydrogen) atoms. The second-order valence-corrected chi connectivity index (χ2v) is 14.9. The minimum absolute atomic E-state index is 0.00846. The van der Waals surface area contributed by atoms with Crippen molar-refractivity contribution in [3.8, 4) is 0 Å². The highest BCUT2D eigenvalue weighted by atomic mass is 28.4. The predicted molar refractivity (Wildman–Crippen MR) is 118 cm³/mol. The van der Waals surface area contributed by atoms with Crippen LogP contribution in [0.15, 0.2) is 30.3 Å². The molecular formula is C24H40O3Si. The molecule has 0 bridgehead atoms. The zero-order chi connectivity index (χ0) is 20.4. The van der Waals surface area contributed by atoms with Crippen molar-refractivity contribution in [3.05, 3.63) is 35.9 Å². The summed E-state index contributed by atoms with van der Waals surface area (Å²) in [6.07, 6.45) is 6.65. The summed E-state index contributed by atoms with van der Waals surface area (Å²) in [7, 11) is -2.32. The van der Waals surface area contributed by atoms with Crippen molar-refractivity contribution in [1.82, 2.24) is 0 Å². The fourth-order valence-electron chi connectivity index (χ4n) is 5.17. The van der Waals surface area contributed by atoms with Crippen molar-refractivity contribution in [3.63, 3.8) is 0 Å². The van der Waals surface area contributed by atoms with Gasteiger partial charge in [0.25, 0.3) is 0 Å². The first kappa shape index (κ1) is 22.0. The molecule has 6 atom stereocenters. The summed E-state index contributed by atoms with van der Waals surface area (Å²) in [4.78, 5) is 11.2. The first-order chi connectivity index (χ1) is 13.2. The lowest BCUT2D eigenvalue weighted by molar-refractivity contribution is 0.0773. The van der Waals surface area contributed by atoms with Crippen LogP contribution < -0.4 is 0 Å². The van der Waals surface area contributed by atoms with Crippen molar-refractivity contribution in [1.29, 1.82) is 0 Å². The van der Waals surface area contributed by atoms with Gasteiger partial charge in [0.05, 0.1) is 12.2 Å². The summed E-state index contributed by atoms with van der Waals surface area (Å²) in [5.74, 6) is 1.43. The number of aliphatic hydroxyl groups excluding tert-OH is 1. The average molecular weight is 405 g/mol. The van der Waals surface area contributed by atoms with E-state index in [4.69, 9.17) is 4.74 Å². The van der Waals surface area contributed by atoms with Crippen LogP contribution in [0.1, 0.15) is 70.8 Å². The quantitative estimate of drug-likeness (QED) is 0.445. The minimum atomic E-state index is -2.32. The van der Waals surface area contributed by atoms with E-state index in [-0.39, 0.29) is 11.1 Å². The Bertz CT molecular complexity index is 610. The summed E-state index contributed by atoms with van der Waals surface area (Å²) in [5, 5.41) is 10.4. The number of aliphatic hydroxyl groups is 1. The van der Waals surface area contributed by atoms with Crippen LogP contribution in [0.2, 0.25) is 17.6 Å². The van der Waals surface area contributed by atoms with Crippen LogP contribution >= 0.6 is 0 Å². The van der Waals surface area contributed by atoms with E-state index in [2.05, 4.69) is 57.7 Å². The van der Waals surface area contributed by atoms with E-state index in [1.54, 1.807) is 0 Å². The molecule has 1 aliphatic carbocycles. The number of rotatable bonds is 8. The molecule has 1 heterocycles. The molecule has 0 spiro atoms. The number of fused-ring (bicyclic) bond motifs is 1. The Labute approximate surface area is 172 Å². The van der Waals surface area contributed by atoms with E-state index in [9.17, 15) is 9.90 Å². The Morgan fingerprint density at radius 3 is 2.57 bits per heavy atom. The topological polar surface area (TPSA) is 49.7 Å². The number of hydrogen-bond acceptors (Lipinski definition) is 3. The summed E-state index contributed by atoms with van der Waals surface area (Å²) < 4.78 is 5.78. The summed E-state index contributed by atoms with van der Waals surface area (Å²) in [6.45, 7) is 9.55. The Hall–Kier alpha value is -0.683. The molecule has 1 saturated heterocycles. The maximum absolute atomic E-state index is 11.2. The van der Waals surface area contributed by atoms with Gasteiger partial charge in [-0.1, -0.05) is 63.9 Å². The molecule has 1 aromatic carbocycles. The third kappa shape index (κ3) is 5.07. The van der Waals surface area contributed by atoms with Crippen LogP contribution in [-0.2, 0) is 4.74 Å². The fourth-order valence-corrected chi connectivity index (χ4v) is 7.18. The van der Waals surface area contributed by atoms with Crippen LogP contribution in [0, 0.1) is 11.8 Å². The molecule has 4 heteroatoms. The van der Waals surface area contributed by atoms with E-state index < -0.39 is 8.32 Å². The molecule has 6 unspecified atom stereocenters. The van der Waals surface area contributed by atoms with Crippen molar-refractivity contribution in [2.24, 2.45) is 11.8 Å². The van der Waals surface area contributed by atoms with E-state index in [0.717, 1.165) is 51.2 Å². The lowest BCUT2D eigenvalue weighted by Crippen LogP contribution is -2.42. The maximum Gasteiger partial charge on any atom is 0.191 e. The van der Waals surface area contributed by atoms with Crippen LogP contribution in [0.3, 0.4) is 0 Å². The number of benzene rings is 1. The van der Waals surface area contributed by atoms with Crippen molar-refractivity contribution in [2.75, 3.05) is 6.61 Å². The minimum Gasteiger partial charge on any atom is -0.431 e. The molecule has 3 nitrogen and oxygen atoms in total. The van der Waals surface area contributed by atoms with Gasteiger partial charge < -0.3 is 14.6 Å². The standard InChI is InChI=1S/C24H40O3Si/c1-24(2,3)28(4,26)17-19(18-10-6-5-7-11-18)12-8-9-13-20-21-14-15-27-23(21)16-22(20)25/h5-7,10-11,19-23,25-26H,8-9,12-17H2,1-4H3. The number of hydrogen-bond donors (Lipinski definition) is 2. The first-order valence-electron chi connectivity index (χ1n) is 11.3.